The maximum Gasteiger partial charge on any atom is 0.356 e. The second-order valence-corrected chi connectivity index (χ2v) is 5.40. The molecule has 1 N–H and O–H groups in total. The fourth-order valence-corrected chi connectivity index (χ4v) is 2.24. The lowest BCUT2D eigenvalue weighted by Crippen LogP contribution is -2.04. The highest BCUT2D eigenvalue weighted by Gasteiger charge is 2.11. The summed E-state index contributed by atoms with van der Waals surface area (Å²) in [7, 11) is 0. The molecule has 0 radical (unpaired) electrons. The maximum atomic E-state index is 11.6. The van der Waals surface area contributed by atoms with Gasteiger partial charge in [-0.25, -0.2) is 4.79 Å². The van der Waals surface area contributed by atoms with E-state index >= 15 is 0 Å². The van der Waals surface area contributed by atoms with Crippen molar-refractivity contribution in [3.63, 3.8) is 0 Å². The maximum absolute atomic E-state index is 11.6. The molecule has 0 unspecified atom stereocenters. The van der Waals surface area contributed by atoms with Crippen LogP contribution < -0.4 is 4.74 Å². The first-order valence-corrected chi connectivity index (χ1v) is 7.80. The Bertz CT molecular complexity index is 826. The van der Waals surface area contributed by atoms with Crippen LogP contribution in [0.3, 0.4) is 0 Å². The quantitative estimate of drug-likeness (QED) is 0.682. The van der Waals surface area contributed by atoms with Crippen LogP contribution in [0.25, 0.3) is 11.3 Å². The van der Waals surface area contributed by atoms with Crippen molar-refractivity contribution in [3.05, 3.63) is 65.3 Å². The van der Waals surface area contributed by atoms with Gasteiger partial charge in [-0.05, 0) is 61.5 Å². The number of carbonyl (C=O) groups is 1. The van der Waals surface area contributed by atoms with Gasteiger partial charge in [-0.15, -0.1) is 0 Å². The molecule has 1 heterocycles. The lowest BCUT2D eigenvalue weighted by Gasteiger charge is -2.06. The molecular formula is C18H15ClN2O3. The first-order chi connectivity index (χ1) is 11.7. The van der Waals surface area contributed by atoms with E-state index in [9.17, 15) is 4.79 Å². The molecule has 0 aliphatic heterocycles. The van der Waals surface area contributed by atoms with Crippen LogP contribution in [-0.4, -0.2) is 22.8 Å². The average molecular weight is 343 g/mol. The summed E-state index contributed by atoms with van der Waals surface area (Å²) in [6, 6.07) is 16.2. The number of benzene rings is 2. The van der Waals surface area contributed by atoms with Gasteiger partial charge in [0, 0.05) is 10.6 Å². The fraction of sp³-hybridized carbons (Fsp3) is 0.111. The van der Waals surface area contributed by atoms with Crippen molar-refractivity contribution in [1.29, 1.82) is 0 Å². The Morgan fingerprint density at radius 1 is 1.08 bits per heavy atom. The molecule has 0 fully saturated rings. The van der Waals surface area contributed by atoms with E-state index in [-0.39, 0.29) is 0 Å². The monoisotopic (exact) mass is 342 g/mol. The normalized spacial score (nSPS) is 10.4. The minimum absolute atomic E-state index is 0.323. The third-order valence-electron chi connectivity index (χ3n) is 3.27. The van der Waals surface area contributed by atoms with E-state index in [2.05, 4.69) is 10.2 Å². The standard InChI is InChI=1S/C18H15ClN2O3/c1-2-23-18(22)17-11-16(20-21-17)12-3-7-14(8-4-12)24-15-9-5-13(19)6-10-15/h3-11H,2H2,1H3,(H,20,21). The van der Waals surface area contributed by atoms with E-state index in [0.717, 1.165) is 5.56 Å². The second kappa shape index (κ2) is 7.19. The zero-order chi connectivity index (χ0) is 16.9. The molecule has 1 aromatic heterocycles. The number of carbonyl (C=O) groups excluding carboxylic acids is 1. The van der Waals surface area contributed by atoms with Crippen LogP contribution in [-0.2, 0) is 4.74 Å². The summed E-state index contributed by atoms with van der Waals surface area (Å²) in [5.41, 5.74) is 1.86. The Morgan fingerprint density at radius 3 is 2.33 bits per heavy atom. The molecule has 0 atom stereocenters. The van der Waals surface area contributed by atoms with Gasteiger partial charge in [0.25, 0.3) is 0 Å². The van der Waals surface area contributed by atoms with Crippen LogP contribution in [0.1, 0.15) is 17.4 Å². The summed E-state index contributed by atoms with van der Waals surface area (Å²) >= 11 is 5.85. The molecule has 3 rings (SSSR count). The van der Waals surface area contributed by atoms with Crippen molar-refractivity contribution >= 4 is 17.6 Å². The van der Waals surface area contributed by atoms with Gasteiger partial charge >= 0.3 is 5.97 Å². The molecule has 0 saturated heterocycles. The number of aromatic amines is 1. The number of ether oxygens (including phenoxy) is 2. The lowest BCUT2D eigenvalue weighted by atomic mass is 10.1. The number of nitrogens with zero attached hydrogens (tertiary/aromatic N) is 1. The SMILES string of the molecule is CCOC(=O)c1cc(-c2ccc(Oc3ccc(Cl)cc3)cc2)n[nH]1. The fourth-order valence-electron chi connectivity index (χ4n) is 2.12. The largest absolute Gasteiger partial charge is 0.461 e. The number of esters is 1. The second-order valence-electron chi connectivity index (χ2n) is 4.97. The van der Waals surface area contributed by atoms with Gasteiger partial charge in [-0.3, -0.25) is 5.10 Å². The Kier molecular flexibility index (Phi) is 4.82. The van der Waals surface area contributed by atoms with Crippen LogP contribution in [0, 0.1) is 0 Å². The van der Waals surface area contributed by atoms with Crippen molar-refractivity contribution < 1.29 is 14.3 Å². The van der Waals surface area contributed by atoms with E-state index in [4.69, 9.17) is 21.1 Å². The number of hydrogen-bond acceptors (Lipinski definition) is 4. The highest BCUT2D eigenvalue weighted by molar-refractivity contribution is 6.30. The number of H-pyrrole nitrogens is 1. The van der Waals surface area contributed by atoms with Crippen LogP contribution in [0.2, 0.25) is 5.02 Å². The molecule has 3 aromatic rings. The van der Waals surface area contributed by atoms with Crippen molar-refractivity contribution in [2.75, 3.05) is 6.61 Å². The summed E-state index contributed by atoms with van der Waals surface area (Å²) in [4.78, 5) is 11.6. The number of hydrogen-bond donors (Lipinski definition) is 1. The smallest absolute Gasteiger partial charge is 0.356 e. The highest BCUT2D eigenvalue weighted by Crippen LogP contribution is 2.26. The lowest BCUT2D eigenvalue weighted by molar-refractivity contribution is 0.0519. The van der Waals surface area contributed by atoms with E-state index in [1.165, 1.54) is 0 Å². The van der Waals surface area contributed by atoms with Crippen molar-refractivity contribution in [3.8, 4) is 22.8 Å². The minimum Gasteiger partial charge on any atom is -0.461 e. The molecule has 0 aliphatic rings. The summed E-state index contributed by atoms with van der Waals surface area (Å²) in [6.07, 6.45) is 0. The third-order valence-corrected chi connectivity index (χ3v) is 3.52. The van der Waals surface area contributed by atoms with Gasteiger partial charge in [0.1, 0.15) is 17.2 Å². The number of halogens is 1. The summed E-state index contributed by atoms with van der Waals surface area (Å²) in [5, 5.41) is 7.47. The molecule has 5 nitrogen and oxygen atoms in total. The van der Waals surface area contributed by atoms with Crippen molar-refractivity contribution in [1.82, 2.24) is 10.2 Å². The molecule has 24 heavy (non-hydrogen) atoms. The zero-order valence-corrected chi connectivity index (χ0v) is 13.7. The van der Waals surface area contributed by atoms with E-state index in [1.807, 2.05) is 24.3 Å². The first kappa shape index (κ1) is 16.1. The summed E-state index contributed by atoms with van der Waals surface area (Å²) in [6.45, 7) is 2.08. The molecule has 122 valence electrons. The van der Waals surface area contributed by atoms with Crippen LogP contribution in [0.15, 0.2) is 54.6 Å². The third kappa shape index (κ3) is 3.75. The predicted molar refractivity (Wildman–Crippen MR) is 91.5 cm³/mol. The summed E-state index contributed by atoms with van der Waals surface area (Å²) in [5.74, 6) is 0.984. The molecule has 0 amide bonds. The number of aromatic nitrogens is 2. The van der Waals surface area contributed by atoms with Gasteiger partial charge in [-0.1, -0.05) is 11.6 Å². The van der Waals surface area contributed by atoms with Crippen LogP contribution >= 0.6 is 11.6 Å². The molecule has 0 saturated carbocycles. The van der Waals surface area contributed by atoms with E-state index in [1.54, 1.807) is 37.3 Å². The average Bonchev–Trinajstić information content (AvgIpc) is 3.08. The summed E-state index contributed by atoms with van der Waals surface area (Å²) < 4.78 is 10.7. The molecule has 0 aliphatic carbocycles. The molecule has 0 bridgehead atoms. The molecule has 0 spiro atoms. The van der Waals surface area contributed by atoms with E-state index < -0.39 is 5.97 Å². The highest BCUT2D eigenvalue weighted by atomic mass is 35.5. The molecule has 6 heteroatoms. The zero-order valence-electron chi connectivity index (χ0n) is 13.0. The minimum atomic E-state index is -0.418. The van der Waals surface area contributed by atoms with Crippen LogP contribution in [0.4, 0.5) is 0 Å². The number of nitrogens with one attached hydrogen (secondary N) is 1. The molecular weight excluding hydrogens is 328 g/mol. The number of rotatable bonds is 5. The Balaban J connectivity index is 1.72. The van der Waals surface area contributed by atoms with Gasteiger partial charge < -0.3 is 9.47 Å². The Morgan fingerprint density at radius 2 is 1.71 bits per heavy atom. The van der Waals surface area contributed by atoms with Gasteiger partial charge in [0.2, 0.25) is 0 Å². The van der Waals surface area contributed by atoms with Crippen molar-refractivity contribution in [2.45, 2.75) is 6.92 Å². The Hall–Kier alpha value is -2.79. The van der Waals surface area contributed by atoms with E-state index in [0.29, 0.717) is 34.5 Å². The van der Waals surface area contributed by atoms with Crippen molar-refractivity contribution in [2.24, 2.45) is 0 Å². The topological polar surface area (TPSA) is 64.2 Å². The van der Waals surface area contributed by atoms with Gasteiger partial charge in [0.05, 0.1) is 12.3 Å². The van der Waals surface area contributed by atoms with Gasteiger partial charge in [0.15, 0.2) is 0 Å². The van der Waals surface area contributed by atoms with Crippen LogP contribution in [0.5, 0.6) is 11.5 Å². The predicted octanol–water partition coefficient (Wildman–Crippen LogP) is 4.70. The van der Waals surface area contributed by atoms with Gasteiger partial charge in [-0.2, -0.15) is 5.10 Å². The molecule has 2 aromatic carbocycles. The Labute approximate surface area is 144 Å². The first-order valence-electron chi connectivity index (χ1n) is 7.42.